The van der Waals surface area contributed by atoms with E-state index < -0.39 is 11.2 Å². The number of nitrogens with one attached hydrogen (secondary N) is 1. The van der Waals surface area contributed by atoms with Crippen molar-refractivity contribution in [1.29, 1.82) is 0 Å². The molecule has 0 spiro atoms. The maximum absolute atomic E-state index is 12.4. The summed E-state index contributed by atoms with van der Waals surface area (Å²) in [7, 11) is 0. The van der Waals surface area contributed by atoms with Gasteiger partial charge in [-0.05, 0) is 25.0 Å². The minimum absolute atomic E-state index is 0.0801. The molecule has 1 saturated carbocycles. The van der Waals surface area contributed by atoms with Crippen LogP contribution in [0.2, 0.25) is 0 Å². The van der Waals surface area contributed by atoms with Crippen molar-refractivity contribution in [3.63, 3.8) is 0 Å². The number of rotatable bonds is 2. The highest BCUT2D eigenvalue weighted by atomic mass is 16.3. The van der Waals surface area contributed by atoms with Crippen LogP contribution in [0.3, 0.4) is 0 Å². The van der Waals surface area contributed by atoms with Crippen LogP contribution in [0.4, 0.5) is 5.69 Å². The van der Waals surface area contributed by atoms with Crippen molar-refractivity contribution in [1.82, 2.24) is 9.55 Å². The highest BCUT2D eigenvalue weighted by molar-refractivity contribution is 6.21. The van der Waals surface area contributed by atoms with E-state index in [0.717, 1.165) is 55.3 Å². The van der Waals surface area contributed by atoms with Gasteiger partial charge in [0, 0.05) is 23.4 Å². The highest BCUT2D eigenvalue weighted by Gasteiger charge is 2.22. The van der Waals surface area contributed by atoms with E-state index in [4.69, 9.17) is 0 Å². The maximum atomic E-state index is 12.4. The number of allylic oxidation sites excluding steroid dienone is 1. The number of H-pyrrole nitrogens is 1. The summed E-state index contributed by atoms with van der Waals surface area (Å²) >= 11 is 0. The first kappa shape index (κ1) is 16.6. The molecule has 2 heterocycles. The van der Waals surface area contributed by atoms with Crippen LogP contribution in [-0.4, -0.2) is 20.9 Å². The number of fused-ring (bicyclic) bond motifs is 1. The minimum Gasteiger partial charge on any atom is -0.494 e. The summed E-state index contributed by atoms with van der Waals surface area (Å²) in [5.41, 5.74) is 1.45. The van der Waals surface area contributed by atoms with E-state index in [1.807, 2.05) is 24.3 Å². The molecule has 6 heteroatoms. The number of aromatic nitrogens is 2. The Morgan fingerprint density at radius 2 is 1.85 bits per heavy atom. The molecule has 0 bridgehead atoms. The maximum Gasteiger partial charge on any atom is 0.331 e. The van der Waals surface area contributed by atoms with E-state index in [1.54, 1.807) is 12.3 Å². The van der Waals surface area contributed by atoms with Gasteiger partial charge in [0.2, 0.25) is 5.88 Å². The van der Waals surface area contributed by atoms with Crippen LogP contribution < -0.4 is 11.2 Å². The molecule has 26 heavy (non-hydrogen) atoms. The molecule has 1 aliphatic heterocycles. The number of aromatic hydroxyl groups is 1. The molecule has 4 rings (SSSR count). The third-order valence-electron chi connectivity index (χ3n) is 5.20. The Labute approximate surface area is 150 Å². The lowest BCUT2D eigenvalue weighted by Crippen LogP contribution is -2.33. The SMILES string of the molecule is O=c1[nH]c(=O)n(C2CCCCCC2)c(O)c1C=C1C=Nc2ccccc21. The predicted molar refractivity (Wildman–Crippen MR) is 102 cm³/mol. The zero-order chi connectivity index (χ0) is 18.1. The quantitative estimate of drug-likeness (QED) is 0.813. The second-order valence-corrected chi connectivity index (χ2v) is 6.89. The zero-order valence-electron chi connectivity index (χ0n) is 14.4. The predicted octanol–water partition coefficient (Wildman–Crippen LogP) is 3.39. The van der Waals surface area contributed by atoms with Crippen LogP contribution in [0.15, 0.2) is 38.8 Å². The van der Waals surface area contributed by atoms with Crippen molar-refractivity contribution >= 4 is 23.6 Å². The van der Waals surface area contributed by atoms with Gasteiger partial charge in [0.25, 0.3) is 5.56 Å². The lowest BCUT2D eigenvalue weighted by Gasteiger charge is -2.19. The molecule has 1 aromatic carbocycles. The molecule has 0 unspecified atom stereocenters. The normalized spacial score (nSPS) is 18.8. The fourth-order valence-corrected chi connectivity index (χ4v) is 3.85. The van der Waals surface area contributed by atoms with Gasteiger partial charge in [0.15, 0.2) is 0 Å². The van der Waals surface area contributed by atoms with Gasteiger partial charge in [-0.15, -0.1) is 0 Å². The Morgan fingerprint density at radius 3 is 2.62 bits per heavy atom. The van der Waals surface area contributed by atoms with Gasteiger partial charge < -0.3 is 5.11 Å². The number of nitrogens with zero attached hydrogens (tertiary/aromatic N) is 2. The second kappa shape index (κ2) is 6.78. The topological polar surface area (TPSA) is 87.5 Å². The molecule has 2 aliphatic rings. The third kappa shape index (κ3) is 2.92. The lowest BCUT2D eigenvalue weighted by atomic mass is 10.0. The Bertz CT molecular complexity index is 1010. The van der Waals surface area contributed by atoms with Crippen LogP contribution in [0, 0.1) is 0 Å². The summed E-state index contributed by atoms with van der Waals surface area (Å²) in [4.78, 5) is 31.4. The number of aromatic amines is 1. The smallest absolute Gasteiger partial charge is 0.331 e. The summed E-state index contributed by atoms with van der Waals surface area (Å²) < 4.78 is 1.36. The van der Waals surface area contributed by atoms with Gasteiger partial charge in [-0.25, -0.2) is 4.79 Å². The molecule has 2 aromatic rings. The fraction of sp³-hybridized carbons (Fsp3) is 0.350. The molecule has 1 aliphatic carbocycles. The first-order chi connectivity index (χ1) is 12.6. The summed E-state index contributed by atoms with van der Waals surface area (Å²) in [6.07, 6.45) is 9.26. The molecule has 2 N–H and O–H groups in total. The van der Waals surface area contributed by atoms with Crippen molar-refractivity contribution in [3.8, 4) is 5.88 Å². The second-order valence-electron chi connectivity index (χ2n) is 6.89. The average molecular weight is 351 g/mol. The monoisotopic (exact) mass is 351 g/mol. The number of hydrogen-bond acceptors (Lipinski definition) is 4. The largest absolute Gasteiger partial charge is 0.494 e. The van der Waals surface area contributed by atoms with Gasteiger partial charge in [-0.1, -0.05) is 43.9 Å². The summed E-state index contributed by atoms with van der Waals surface area (Å²) in [6.45, 7) is 0. The Hall–Kier alpha value is -2.89. The van der Waals surface area contributed by atoms with Crippen molar-refractivity contribution in [2.24, 2.45) is 4.99 Å². The van der Waals surface area contributed by atoms with E-state index in [2.05, 4.69) is 9.98 Å². The molecule has 134 valence electrons. The molecule has 0 amide bonds. The third-order valence-corrected chi connectivity index (χ3v) is 5.20. The lowest BCUT2D eigenvalue weighted by molar-refractivity contribution is 0.339. The zero-order valence-corrected chi connectivity index (χ0v) is 14.4. The fourth-order valence-electron chi connectivity index (χ4n) is 3.85. The highest BCUT2D eigenvalue weighted by Crippen LogP contribution is 2.34. The van der Waals surface area contributed by atoms with Crippen molar-refractivity contribution in [2.75, 3.05) is 0 Å². The Morgan fingerprint density at radius 1 is 1.12 bits per heavy atom. The summed E-state index contributed by atoms with van der Waals surface area (Å²) in [5.74, 6) is -0.254. The van der Waals surface area contributed by atoms with Gasteiger partial charge in [0.1, 0.15) is 5.56 Å². The minimum atomic E-state index is -0.581. The summed E-state index contributed by atoms with van der Waals surface area (Å²) in [5, 5.41) is 10.8. The van der Waals surface area contributed by atoms with Gasteiger partial charge in [0.05, 0.1) is 5.69 Å². The van der Waals surface area contributed by atoms with Gasteiger partial charge in [-0.3, -0.25) is 19.3 Å². The van der Waals surface area contributed by atoms with Crippen LogP contribution in [0.1, 0.15) is 55.7 Å². The molecule has 6 nitrogen and oxygen atoms in total. The van der Waals surface area contributed by atoms with Crippen molar-refractivity contribution < 1.29 is 5.11 Å². The van der Waals surface area contributed by atoms with Gasteiger partial charge >= 0.3 is 5.69 Å². The van der Waals surface area contributed by atoms with Crippen molar-refractivity contribution in [2.45, 2.75) is 44.6 Å². The number of hydrogen-bond donors (Lipinski definition) is 2. The standard InChI is InChI=1S/C20H21N3O3/c24-18-16(11-13-12-21-17-10-6-5-9-15(13)17)19(25)23(20(26)22-18)14-7-3-1-2-4-8-14/h5-6,9-12,14,25H,1-4,7-8H2,(H,22,24,26). The first-order valence-corrected chi connectivity index (χ1v) is 9.08. The van der Waals surface area contributed by atoms with E-state index >= 15 is 0 Å². The molecule has 1 fully saturated rings. The van der Waals surface area contributed by atoms with E-state index in [9.17, 15) is 14.7 Å². The molecule has 1 aromatic heterocycles. The van der Waals surface area contributed by atoms with E-state index in [-0.39, 0.29) is 17.5 Å². The molecule has 0 saturated heterocycles. The Balaban J connectivity index is 1.82. The summed E-state index contributed by atoms with van der Waals surface area (Å²) in [6, 6.07) is 7.53. The molecule has 0 radical (unpaired) electrons. The average Bonchev–Trinajstić information content (AvgIpc) is 2.84. The van der Waals surface area contributed by atoms with Crippen LogP contribution >= 0.6 is 0 Å². The number of para-hydroxylation sites is 1. The number of benzene rings is 1. The Kier molecular flexibility index (Phi) is 4.32. The molecule has 0 atom stereocenters. The molecular weight excluding hydrogens is 330 g/mol. The van der Waals surface area contributed by atoms with E-state index in [1.165, 1.54) is 4.57 Å². The number of aliphatic imine (C=N–C) groups is 1. The van der Waals surface area contributed by atoms with Crippen LogP contribution in [0.25, 0.3) is 11.6 Å². The van der Waals surface area contributed by atoms with Gasteiger partial charge in [-0.2, -0.15) is 0 Å². The van der Waals surface area contributed by atoms with Crippen molar-refractivity contribution in [3.05, 3.63) is 56.2 Å². The van der Waals surface area contributed by atoms with Crippen LogP contribution in [-0.2, 0) is 0 Å². The van der Waals surface area contributed by atoms with Crippen LogP contribution in [0.5, 0.6) is 5.88 Å². The molecular formula is C20H21N3O3. The van der Waals surface area contributed by atoms with E-state index in [0.29, 0.717) is 0 Å². The first-order valence-electron chi connectivity index (χ1n) is 9.08.